The van der Waals surface area contributed by atoms with Gasteiger partial charge in [0.2, 0.25) is 5.43 Å². The number of nitrogens with zero attached hydrogens (tertiary/aromatic N) is 2. The molecule has 0 saturated carbocycles. The summed E-state index contributed by atoms with van der Waals surface area (Å²) in [5, 5.41) is 18.6. The van der Waals surface area contributed by atoms with Gasteiger partial charge in [0, 0.05) is 38.4 Å². The van der Waals surface area contributed by atoms with Crippen molar-refractivity contribution < 1.29 is 19.4 Å². The number of carboxylic acid groups (broad SMARTS) is 1. The molecule has 3 rings (SSSR count). The Morgan fingerprint density at radius 3 is 2.88 bits per heavy atom. The number of fused-ring (bicyclic) bond motifs is 3. The van der Waals surface area contributed by atoms with Gasteiger partial charge in [0.25, 0.3) is 0 Å². The van der Waals surface area contributed by atoms with E-state index in [0.717, 1.165) is 23.3 Å². The normalized spacial score (nSPS) is 12.0. The Kier molecular flexibility index (Phi) is 5.05. The molecule has 2 heterocycles. The quantitative estimate of drug-likeness (QED) is 0.797. The first kappa shape index (κ1) is 17.7. The number of ether oxygens (including phenoxy) is 2. The van der Waals surface area contributed by atoms with Crippen LogP contribution in [0.4, 0.5) is 0 Å². The second-order valence-corrected chi connectivity index (χ2v) is 5.97. The molecule has 2 aromatic rings. The van der Waals surface area contributed by atoms with Gasteiger partial charge in [-0.15, -0.1) is 0 Å². The number of rotatable bonds is 6. The van der Waals surface area contributed by atoms with Gasteiger partial charge in [0.1, 0.15) is 22.9 Å². The summed E-state index contributed by atoms with van der Waals surface area (Å²) in [6.07, 6.45) is 2.76. The summed E-state index contributed by atoms with van der Waals surface area (Å²) in [5.74, 6) is -0.608. The highest BCUT2D eigenvalue weighted by Crippen LogP contribution is 2.33. The Morgan fingerprint density at radius 2 is 2.19 bits per heavy atom. The van der Waals surface area contributed by atoms with E-state index in [1.54, 1.807) is 17.7 Å². The second kappa shape index (κ2) is 7.42. The van der Waals surface area contributed by atoms with Gasteiger partial charge in [-0.2, -0.15) is 5.26 Å². The highest BCUT2D eigenvalue weighted by atomic mass is 16.5. The molecule has 1 aromatic heterocycles. The molecule has 7 heteroatoms. The van der Waals surface area contributed by atoms with Crippen LogP contribution in [0.15, 0.2) is 29.2 Å². The van der Waals surface area contributed by atoms with E-state index < -0.39 is 11.4 Å². The topological polar surface area (TPSA) is 102 Å². The molecule has 0 unspecified atom stereocenters. The minimum Gasteiger partial charge on any atom is -0.493 e. The first-order valence-corrected chi connectivity index (χ1v) is 8.22. The fourth-order valence-corrected chi connectivity index (χ4v) is 3.12. The Balaban J connectivity index is 2.01. The number of pyridine rings is 1. The first-order chi connectivity index (χ1) is 12.6. The van der Waals surface area contributed by atoms with Gasteiger partial charge in [-0.3, -0.25) is 4.79 Å². The maximum absolute atomic E-state index is 12.3. The van der Waals surface area contributed by atoms with Crippen molar-refractivity contribution in [2.75, 3.05) is 20.3 Å². The average Bonchev–Trinajstić information content (AvgIpc) is 2.64. The van der Waals surface area contributed by atoms with E-state index in [1.807, 2.05) is 18.2 Å². The van der Waals surface area contributed by atoms with Crippen molar-refractivity contribution in [3.8, 4) is 23.1 Å². The minimum absolute atomic E-state index is 0.139. The molecule has 0 amide bonds. The van der Waals surface area contributed by atoms with Gasteiger partial charge in [-0.25, -0.2) is 4.79 Å². The van der Waals surface area contributed by atoms with Gasteiger partial charge in [0.05, 0.1) is 12.3 Å². The summed E-state index contributed by atoms with van der Waals surface area (Å²) in [5.41, 5.74) is 0.916. The van der Waals surface area contributed by atoms with Crippen LogP contribution in [0.3, 0.4) is 0 Å². The van der Waals surface area contributed by atoms with Crippen LogP contribution in [-0.4, -0.2) is 36.0 Å². The van der Waals surface area contributed by atoms with Crippen LogP contribution in [0.5, 0.6) is 5.75 Å². The zero-order valence-electron chi connectivity index (χ0n) is 14.3. The maximum atomic E-state index is 12.3. The highest BCUT2D eigenvalue weighted by Gasteiger charge is 2.25. The zero-order chi connectivity index (χ0) is 18.7. The van der Waals surface area contributed by atoms with Crippen molar-refractivity contribution in [1.82, 2.24) is 4.57 Å². The van der Waals surface area contributed by atoms with Crippen molar-refractivity contribution in [2.24, 2.45) is 0 Å². The average molecular weight is 354 g/mol. The summed E-state index contributed by atoms with van der Waals surface area (Å²) in [6, 6.07) is 7.39. The van der Waals surface area contributed by atoms with Crippen LogP contribution >= 0.6 is 0 Å². The minimum atomic E-state index is -1.33. The molecule has 1 aromatic carbocycles. The molecule has 0 aliphatic carbocycles. The van der Waals surface area contributed by atoms with Gasteiger partial charge >= 0.3 is 5.97 Å². The van der Waals surface area contributed by atoms with Crippen molar-refractivity contribution >= 4 is 5.97 Å². The number of aromatic nitrogens is 1. The molecular weight excluding hydrogens is 336 g/mol. The van der Waals surface area contributed by atoms with Gasteiger partial charge < -0.3 is 19.1 Å². The summed E-state index contributed by atoms with van der Waals surface area (Å²) in [6.45, 7) is 1.65. The molecule has 0 spiro atoms. The lowest BCUT2D eigenvalue weighted by atomic mass is 9.93. The largest absolute Gasteiger partial charge is 0.493 e. The van der Waals surface area contributed by atoms with Crippen molar-refractivity contribution in [2.45, 2.75) is 19.4 Å². The van der Waals surface area contributed by atoms with Crippen molar-refractivity contribution in [1.29, 1.82) is 5.26 Å². The number of hydrogen-bond acceptors (Lipinski definition) is 5. The lowest BCUT2D eigenvalue weighted by Crippen LogP contribution is -2.25. The summed E-state index contributed by atoms with van der Waals surface area (Å²) in [7, 11) is 1.64. The van der Waals surface area contributed by atoms with Gasteiger partial charge in [0.15, 0.2) is 0 Å². The Morgan fingerprint density at radius 1 is 1.38 bits per heavy atom. The molecule has 0 radical (unpaired) electrons. The summed E-state index contributed by atoms with van der Waals surface area (Å²) in [4.78, 5) is 23.6. The van der Waals surface area contributed by atoms with Crippen LogP contribution in [0.1, 0.15) is 27.9 Å². The predicted molar refractivity (Wildman–Crippen MR) is 93.5 cm³/mol. The third-order valence-corrected chi connectivity index (χ3v) is 4.34. The maximum Gasteiger partial charge on any atom is 0.341 e. The monoisotopic (exact) mass is 354 g/mol. The van der Waals surface area contributed by atoms with Crippen LogP contribution in [0.25, 0.3) is 11.3 Å². The molecule has 7 nitrogen and oxygen atoms in total. The van der Waals surface area contributed by atoms with E-state index in [4.69, 9.17) is 9.47 Å². The summed E-state index contributed by atoms with van der Waals surface area (Å²) >= 11 is 0. The fourth-order valence-electron chi connectivity index (χ4n) is 3.12. The molecule has 1 N–H and O–H groups in total. The number of carboxylic acids is 1. The third kappa shape index (κ3) is 3.19. The van der Waals surface area contributed by atoms with Gasteiger partial charge in [-0.05, 0) is 30.2 Å². The molecule has 1 aliphatic heterocycles. The van der Waals surface area contributed by atoms with Crippen LogP contribution in [0.2, 0.25) is 0 Å². The molecule has 0 fully saturated rings. The molecule has 26 heavy (non-hydrogen) atoms. The lowest BCUT2D eigenvalue weighted by Gasteiger charge is -2.24. The van der Waals surface area contributed by atoms with E-state index in [2.05, 4.69) is 0 Å². The first-order valence-electron chi connectivity index (χ1n) is 8.22. The standard InChI is InChI=1S/C19H18N2O5/c1-25-7-2-8-26-13-3-4-14-12(9-13)5-6-21-11-16(19(23)24)18(22)15(10-20)17(14)21/h3-4,9,11H,2,5-8H2,1H3,(H,23,24). The highest BCUT2D eigenvalue weighted by molar-refractivity contribution is 5.89. The van der Waals surface area contributed by atoms with Crippen LogP contribution in [-0.2, 0) is 17.7 Å². The lowest BCUT2D eigenvalue weighted by molar-refractivity contribution is 0.0694. The second-order valence-electron chi connectivity index (χ2n) is 5.97. The number of carbonyl (C=O) groups is 1. The van der Waals surface area contributed by atoms with Crippen LogP contribution in [0, 0.1) is 11.3 Å². The van der Waals surface area contributed by atoms with Gasteiger partial charge in [-0.1, -0.05) is 0 Å². The summed E-state index contributed by atoms with van der Waals surface area (Å²) < 4.78 is 12.4. The smallest absolute Gasteiger partial charge is 0.341 e. The predicted octanol–water partition coefficient (Wildman–Crippen LogP) is 2.06. The molecular formula is C19H18N2O5. The van der Waals surface area contributed by atoms with E-state index in [0.29, 0.717) is 31.9 Å². The Bertz CT molecular complexity index is 956. The fraction of sp³-hybridized carbons (Fsp3) is 0.316. The number of nitriles is 1. The van der Waals surface area contributed by atoms with E-state index in [9.17, 15) is 20.0 Å². The Hall–Kier alpha value is -3.11. The van der Waals surface area contributed by atoms with E-state index in [-0.39, 0.29) is 11.1 Å². The third-order valence-electron chi connectivity index (χ3n) is 4.34. The molecule has 1 aliphatic rings. The van der Waals surface area contributed by atoms with Crippen molar-refractivity contribution in [3.05, 3.63) is 51.3 Å². The number of aromatic carboxylic acids is 1. The van der Waals surface area contributed by atoms with E-state index in [1.165, 1.54) is 6.20 Å². The SMILES string of the molecule is COCCCOc1ccc2c(c1)CCn1cc(C(=O)O)c(=O)c(C#N)c1-2. The molecule has 0 bridgehead atoms. The van der Waals surface area contributed by atoms with E-state index >= 15 is 0 Å². The molecule has 0 atom stereocenters. The number of methoxy groups -OCH3 is 1. The van der Waals surface area contributed by atoms with Crippen LogP contribution < -0.4 is 10.2 Å². The molecule has 0 saturated heterocycles. The number of benzene rings is 1. The molecule has 134 valence electrons. The number of hydrogen-bond donors (Lipinski definition) is 1. The van der Waals surface area contributed by atoms with Crippen molar-refractivity contribution in [3.63, 3.8) is 0 Å². The zero-order valence-corrected chi connectivity index (χ0v) is 14.3. The Labute approximate surface area is 150 Å². The number of aryl methyl sites for hydroxylation is 2.